The first-order valence-electron chi connectivity index (χ1n) is 6.13. The van der Waals surface area contributed by atoms with Crippen molar-refractivity contribution in [1.29, 1.82) is 0 Å². The average Bonchev–Trinajstić information content (AvgIpc) is 2.75. The zero-order valence-corrected chi connectivity index (χ0v) is 14.6. The number of halogens is 3. The van der Waals surface area contributed by atoms with Crippen LogP contribution in [-0.4, -0.2) is 0 Å². The minimum Gasteiger partial charge on any atom is -0.376 e. The Hall–Kier alpha value is -0.140. The molecule has 0 bridgehead atoms. The van der Waals surface area contributed by atoms with Crippen LogP contribution < -0.4 is 5.32 Å². The normalized spacial score (nSPS) is 18.2. The van der Waals surface area contributed by atoms with Crippen LogP contribution >= 0.6 is 49.9 Å². The highest BCUT2D eigenvalue weighted by Crippen LogP contribution is 2.38. The van der Waals surface area contributed by atoms with E-state index >= 15 is 0 Å². The minimum absolute atomic E-state index is 0.194. The molecule has 0 saturated carbocycles. The Labute approximate surface area is 137 Å². The van der Waals surface area contributed by atoms with Gasteiger partial charge in [0.05, 0.1) is 14.6 Å². The first-order valence-corrected chi connectivity index (χ1v) is 8.82. The van der Waals surface area contributed by atoms with Crippen molar-refractivity contribution in [2.24, 2.45) is 0 Å². The fourth-order valence-corrected chi connectivity index (χ4v) is 4.95. The maximum absolute atomic E-state index is 13.8. The molecule has 0 spiro atoms. The van der Waals surface area contributed by atoms with Crippen LogP contribution in [0.2, 0.25) is 0 Å². The van der Waals surface area contributed by atoms with Crippen molar-refractivity contribution in [1.82, 2.24) is 0 Å². The van der Waals surface area contributed by atoms with Crippen LogP contribution in [0.4, 0.5) is 10.1 Å². The first-order chi connectivity index (χ1) is 9.13. The molecule has 1 aliphatic rings. The summed E-state index contributed by atoms with van der Waals surface area (Å²) in [7, 11) is 0. The van der Waals surface area contributed by atoms with Crippen LogP contribution in [0.15, 0.2) is 28.7 Å². The lowest BCUT2D eigenvalue weighted by Crippen LogP contribution is -2.16. The Bertz CT molecular complexity index is 613. The molecular weight excluding hydrogens is 440 g/mol. The summed E-state index contributed by atoms with van der Waals surface area (Å²) >= 11 is 7.61. The van der Waals surface area contributed by atoms with E-state index in [2.05, 4.69) is 49.9 Å². The van der Waals surface area contributed by atoms with Crippen molar-refractivity contribution in [2.75, 3.05) is 5.32 Å². The van der Waals surface area contributed by atoms with Gasteiger partial charge in [-0.25, -0.2) is 4.39 Å². The number of hydrogen-bond acceptors (Lipinski definition) is 2. The lowest BCUT2D eigenvalue weighted by atomic mass is 9.94. The molecule has 1 aromatic heterocycles. The molecule has 1 heterocycles. The van der Waals surface area contributed by atoms with E-state index in [-0.39, 0.29) is 11.9 Å². The van der Waals surface area contributed by atoms with Gasteiger partial charge < -0.3 is 5.32 Å². The number of nitrogens with one attached hydrogen (secondary N) is 1. The molecule has 1 aromatic carbocycles. The van der Waals surface area contributed by atoms with E-state index in [1.165, 1.54) is 19.4 Å². The number of rotatable bonds is 2. The predicted octanol–water partition coefficient (Wildman–Crippen LogP) is 5.74. The molecule has 0 amide bonds. The van der Waals surface area contributed by atoms with Crippen LogP contribution in [0.25, 0.3) is 0 Å². The number of thiophene rings is 1. The summed E-state index contributed by atoms with van der Waals surface area (Å²) in [6.45, 7) is 0. The Kier molecular flexibility index (Phi) is 4.14. The zero-order chi connectivity index (χ0) is 13.4. The van der Waals surface area contributed by atoms with Crippen molar-refractivity contribution >= 4 is 55.5 Å². The minimum atomic E-state index is -0.194. The standard InChI is InChI=1S/C14H12BrFINS/c15-8-4-5-10(16)12(6-8)18-11-2-1-3-13-9(11)7-14(17)19-13/h4-7,11,18H,1-3H2. The molecular formula is C14H12BrFINS. The van der Waals surface area contributed by atoms with Gasteiger partial charge in [0, 0.05) is 9.35 Å². The number of fused-ring (bicyclic) bond motifs is 1. The maximum atomic E-state index is 13.8. The zero-order valence-electron chi connectivity index (χ0n) is 10.1. The molecule has 1 aliphatic carbocycles. The molecule has 0 aliphatic heterocycles. The predicted molar refractivity (Wildman–Crippen MR) is 90.4 cm³/mol. The smallest absolute Gasteiger partial charge is 0.146 e. The Morgan fingerprint density at radius 2 is 2.21 bits per heavy atom. The number of benzene rings is 1. The summed E-state index contributed by atoms with van der Waals surface area (Å²) in [5.74, 6) is -0.194. The average molecular weight is 452 g/mol. The van der Waals surface area contributed by atoms with Gasteiger partial charge in [0.15, 0.2) is 0 Å². The van der Waals surface area contributed by atoms with Gasteiger partial charge in [0.2, 0.25) is 0 Å². The highest BCUT2D eigenvalue weighted by molar-refractivity contribution is 14.1. The number of anilines is 1. The van der Waals surface area contributed by atoms with Crippen LogP contribution in [0, 0.1) is 8.70 Å². The third-order valence-electron chi connectivity index (χ3n) is 3.34. The molecule has 3 rings (SSSR count). The van der Waals surface area contributed by atoms with E-state index < -0.39 is 0 Å². The highest BCUT2D eigenvalue weighted by Gasteiger charge is 2.23. The third-order valence-corrected chi connectivity index (χ3v) is 5.81. The molecule has 1 atom stereocenters. The Morgan fingerprint density at radius 1 is 1.37 bits per heavy atom. The molecule has 19 heavy (non-hydrogen) atoms. The monoisotopic (exact) mass is 451 g/mol. The van der Waals surface area contributed by atoms with E-state index in [1.807, 2.05) is 11.3 Å². The molecule has 2 aromatic rings. The third kappa shape index (κ3) is 2.97. The summed E-state index contributed by atoms with van der Waals surface area (Å²) in [6, 6.07) is 7.48. The maximum Gasteiger partial charge on any atom is 0.146 e. The molecule has 1 nitrogen and oxygen atoms in total. The van der Waals surface area contributed by atoms with Gasteiger partial charge in [-0.2, -0.15) is 0 Å². The van der Waals surface area contributed by atoms with Gasteiger partial charge >= 0.3 is 0 Å². The topological polar surface area (TPSA) is 12.0 Å². The van der Waals surface area contributed by atoms with E-state index in [9.17, 15) is 4.39 Å². The summed E-state index contributed by atoms with van der Waals surface area (Å²) in [5, 5.41) is 3.36. The second-order valence-electron chi connectivity index (χ2n) is 4.64. The van der Waals surface area contributed by atoms with Gasteiger partial charge in [0.25, 0.3) is 0 Å². The summed E-state index contributed by atoms with van der Waals surface area (Å²) in [6.07, 6.45) is 3.38. The van der Waals surface area contributed by atoms with Crippen molar-refractivity contribution in [3.8, 4) is 0 Å². The lowest BCUT2D eigenvalue weighted by molar-refractivity contribution is 0.592. The molecule has 0 radical (unpaired) electrons. The lowest BCUT2D eigenvalue weighted by Gasteiger charge is -2.25. The molecule has 1 unspecified atom stereocenters. The van der Waals surface area contributed by atoms with E-state index in [4.69, 9.17) is 0 Å². The summed E-state index contributed by atoms with van der Waals surface area (Å²) in [4.78, 5) is 1.45. The van der Waals surface area contributed by atoms with E-state index in [0.717, 1.165) is 23.7 Å². The van der Waals surface area contributed by atoms with Crippen molar-refractivity contribution < 1.29 is 4.39 Å². The molecule has 1 N–H and O–H groups in total. The molecule has 5 heteroatoms. The van der Waals surface area contributed by atoms with Gasteiger partial charge in [-0.3, -0.25) is 0 Å². The van der Waals surface area contributed by atoms with E-state index in [0.29, 0.717) is 5.69 Å². The molecule has 0 fully saturated rings. The van der Waals surface area contributed by atoms with Crippen molar-refractivity contribution in [2.45, 2.75) is 25.3 Å². The summed E-state index contributed by atoms with van der Waals surface area (Å²) < 4.78 is 16.0. The van der Waals surface area contributed by atoms with Crippen LogP contribution in [0.5, 0.6) is 0 Å². The van der Waals surface area contributed by atoms with Crippen molar-refractivity contribution in [3.05, 3.63) is 47.9 Å². The van der Waals surface area contributed by atoms with Gasteiger partial charge in [0.1, 0.15) is 5.82 Å². The number of hydrogen-bond donors (Lipinski definition) is 1. The van der Waals surface area contributed by atoms with Gasteiger partial charge in [-0.15, -0.1) is 11.3 Å². The molecule has 100 valence electrons. The van der Waals surface area contributed by atoms with E-state index in [1.54, 1.807) is 12.1 Å². The summed E-state index contributed by atoms with van der Waals surface area (Å²) in [5.41, 5.74) is 1.92. The SMILES string of the molecule is Fc1ccc(Br)cc1NC1CCCc2sc(I)cc21. The largest absolute Gasteiger partial charge is 0.376 e. The van der Waals surface area contributed by atoms with Crippen LogP contribution in [0.3, 0.4) is 0 Å². The highest BCUT2D eigenvalue weighted by atomic mass is 127. The first kappa shape index (κ1) is 13.8. The molecule has 0 saturated heterocycles. The van der Waals surface area contributed by atoms with Crippen LogP contribution in [0.1, 0.15) is 29.3 Å². The number of aryl methyl sites for hydroxylation is 1. The fourth-order valence-electron chi connectivity index (χ4n) is 2.47. The fraction of sp³-hybridized carbons (Fsp3) is 0.286. The van der Waals surface area contributed by atoms with Crippen LogP contribution in [-0.2, 0) is 6.42 Å². The second kappa shape index (κ2) is 5.69. The Balaban J connectivity index is 1.90. The van der Waals surface area contributed by atoms with Gasteiger partial charge in [-0.1, -0.05) is 15.9 Å². The van der Waals surface area contributed by atoms with Gasteiger partial charge in [-0.05, 0) is 71.7 Å². The quantitative estimate of drug-likeness (QED) is 0.573. The Morgan fingerprint density at radius 3 is 3.05 bits per heavy atom. The van der Waals surface area contributed by atoms with Crippen molar-refractivity contribution in [3.63, 3.8) is 0 Å². The second-order valence-corrected chi connectivity index (χ2v) is 8.59.